The number of nitrogens with zero attached hydrogens (tertiary/aromatic N) is 2. The number of amides is 2. The van der Waals surface area contributed by atoms with E-state index in [0.29, 0.717) is 17.9 Å². The minimum Gasteiger partial charge on any atom is -0.395 e. The summed E-state index contributed by atoms with van der Waals surface area (Å²) in [5, 5.41) is 9.29. The standard InChI is InChI=1S/C20H26N2O4/c1-13-6-7-15(11-14(13)2)17-18(21(3)8-9-23)20(25)22(19(17)24)12-16-5-4-10-26-16/h6-7,11,16,23H,4-5,8-10,12H2,1-3H3. The first-order valence-corrected chi connectivity index (χ1v) is 9.05. The molecule has 0 aromatic heterocycles. The maximum absolute atomic E-state index is 13.1. The van der Waals surface area contributed by atoms with E-state index in [-0.39, 0.29) is 37.6 Å². The molecule has 26 heavy (non-hydrogen) atoms. The van der Waals surface area contributed by atoms with Gasteiger partial charge in [-0.2, -0.15) is 0 Å². The molecular weight excluding hydrogens is 332 g/mol. The van der Waals surface area contributed by atoms with Crippen molar-refractivity contribution in [3.8, 4) is 0 Å². The normalized spacial score (nSPS) is 20.5. The number of aliphatic hydroxyl groups is 1. The van der Waals surface area contributed by atoms with Gasteiger partial charge in [0, 0.05) is 20.2 Å². The Balaban J connectivity index is 2.00. The predicted molar refractivity (Wildman–Crippen MR) is 98.2 cm³/mol. The Hall–Kier alpha value is -2.18. The van der Waals surface area contributed by atoms with Crippen LogP contribution in [0.4, 0.5) is 0 Å². The fourth-order valence-electron chi connectivity index (χ4n) is 3.49. The Morgan fingerprint density at radius 2 is 2.00 bits per heavy atom. The molecule has 1 aromatic carbocycles. The van der Waals surface area contributed by atoms with Crippen LogP contribution in [0.25, 0.3) is 5.57 Å². The number of hydrogen-bond acceptors (Lipinski definition) is 5. The third-order valence-electron chi connectivity index (χ3n) is 5.17. The number of hydrogen-bond donors (Lipinski definition) is 1. The SMILES string of the molecule is Cc1ccc(C2=C(N(C)CCO)C(=O)N(CC3CCCO3)C2=O)cc1C. The van der Waals surface area contributed by atoms with Crippen LogP contribution in [0.5, 0.6) is 0 Å². The van der Waals surface area contributed by atoms with Crippen molar-refractivity contribution in [1.82, 2.24) is 9.80 Å². The first-order chi connectivity index (χ1) is 12.4. The zero-order valence-corrected chi connectivity index (χ0v) is 15.6. The molecule has 1 saturated heterocycles. The Bertz CT molecular complexity index is 750. The van der Waals surface area contributed by atoms with Gasteiger partial charge in [-0.15, -0.1) is 0 Å². The fourth-order valence-corrected chi connectivity index (χ4v) is 3.49. The van der Waals surface area contributed by atoms with E-state index in [9.17, 15) is 14.7 Å². The third kappa shape index (κ3) is 3.39. The maximum Gasteiger partial charge on any atom is 0.277 e. The van der Waals surface area contributed by atoms with Crippen LogP contribution in [0.15, 0.2) is 23.9 Å². The van der Waals surface area contributed by atoms with Gasteiger partial charge in [0.1, 0.15) is 5.70 Å². The zero-order chi connectivity index (χ0) is 18.8. The molecule has 140 valence electrons. The van der Waals surface area contributed by atoms with Crippen molar-refractivity contribution in [1.29, 1.82) is 0 Å². The molecule has 6 nitrogen and oxygen atoms in total. The van der Waals surface area contributed by atoms with Gasteiger partial charge in [-0.25, -0.2) is 0 Å². The van der Waals surface area contributed by atoms with Crippen LogP contribution in [0.2, 0.25) is 0 Å². The van der Waals surface area contributed by atoms with Crippen molar-refractivity contribution >= 4 is 17.4 Å². The summed E-state index contributed by atoms with van der Waals surface area (Å²) in [6.07, 6.45) is 1.72. The molecule has 2 amide bonds. The number of aliphatic hydroxyl groups excluding tert-OH is 1. The van der Waals surface area contributed by atoms with Crippen molar-refractivity contribution in [3.63, 3.8) is 0 Å². The smallest absolute Gasteiger partial charge is 0.277 e. The largest absolute Gasteiger partial charge is 0.395 e. The van der Waals surface area contributed by atoms with Crippen LogP contribution in [0.3, 0.4) is 0 Å². The van der Waals surface area contributed by atoms with E-state index >= 15 is 0 Å². The number of benzene rings is 1. The molecule has 1 unspecified atom stereocenters. The minimum absolute atomic E-state index is 0.0899. The molecule has 1 fully saturated rings. The number of ether oxygens (including phenoxy) is 1. The van der Waals surface area contributed by atoms with Gasteiger partial charge in [0.05, 0.1) is 24.8 Å². The van der Waals surface area contributed by atoms with E-state index in [1.165, 1.54) is 4.90 Å². The summed E-state index contributed by atoms with van der Waals surface area (Å²) in [4.78, 5) is 29.1. The number of aryl methyl sites for hydroxylation is 2. The predicted octanol–water partition coefficient (Wildman–Crippen LogP) is 1.49. The molecule has 2 aliphatic rings. The van der Waals surface area contributed by atoms with Crippen molar-refractivity contribution in [3.05, 3.63) is 40.6 Å². The second-order valence-corrected chi connectivity index (χ2v) is 7.02. The van der Waals surface area contributed by atoms with Crippen LogP contribution in [-0.4, -0.2) is 66.2 Å². The molecular formula is C20H26N2O4. The maximum atomic E-state index is 13.1. The van der Waals surface area contributed by atoms with Gasteiger partial charge in [0.15, 0.2) is 0 Å². The van der Waals surface area contributed by atoms with Gasteiger partial charge >= 0.3 is 0 Å². The minimum atomic E-state index is -0.310. The van der Waals surface area contributed by atoms with Gasteiger partial charge in [0.2, 0.25) is 0 Å². The van der Waals surface area contributed by atoms with E-state index in [0.717, 1.165) is 29.5 Å². The van der Waals surface area contributed by atoms with Crippen LogP contribution < -0.4 is 0 Å². The van der Waals surface area contributed by atoms with Crippen LogP contribution in [0, 0.1) is 13.8 Å². The van der Waals surface area contributed by atoms with Gasteiger partial charge in [0.25, 0.3) is 11.8 Å². The monoisotopic (exact) mass is 358 g/mol. The number of likely N-dealkylation sites (N-methyl/N-ethyl adjacent to an activating group) is 1. The second kappa shape index (κ2) is 7.60. The number of carbonyl (C=O) groups excluding carboxylic acids is 2. The quantitative estimate of drug-likeness (QED) is 0.780. The summed E-state index contributed by atoms with van der Waals surface area (Å²) >= 11 is 0. The van der Waals surface area contributed by atoms with Crippen LogP contribution in [0.1, 0.15) is 29.5 Å². The van der Waals surface area contributed by atoms with Crippen molar-refractivity contribution in [2.75, 3.05) is 33.4 Å². The van der Waals surface area contributed by atoms with Crippen molar-refractivity contribution in [2.45, 2.75) is 32.8 Å². The lowest BCUT2D eigenvalue weighted by molar-refractivity contribution is -0.139. The highest BCUT2D eigenvalue weighted by Crippen LogP contribution is 2.32. The van der Waals surface area contributed by atoms with Crippen LogP contribution in [-0.2, 0) is 14.3 Å². The van der Waals surface area contributed by atoms with Crippen molar-refractivity contribution in [2.24, 2.45) is 0 Å². The van der Waals surface area contributed by atoms with Crippen molar-refractivity contribution < 1.29 is 19.4 Å². The molecule has 1 atom stereocenters. The highest BCUT2D eigenvalue weighted by atomic mass is 16.5. The van der Waals surface area contributed by atoms with Gasteiger partial charge in [-0.3, -0.25) is 14.5 Å². The van der Waals surface area contributed by atoms with Gasteiger partial charge < -0.3 is 14.7 Å². The van der Waals surface area contributed by atoms with E-state index in [4.69, 9.17) is 4.74 Å². The molecule has 0 radical (unpaired) electrons. The molecule has 3 rings (SSSR count). The summed E-state index contributed by atoms with van der Waals surface area (Å²) in [7, 11) is 1.73. The molecule has 0 aliphatic carbocycles. The summed E-state index contributed by atoms with van der Waals surface area (Å²) in [6.45, 7) is 5.15. The zero-order valence-electron chi connectivity index (χ0n) is 15.6. The fraction of sp³-hybridized carbons (Fsp3) is 0.500. The van der Waals surface area contributed by atoms with Gasteiger partial charge in [-0.05, 0) is 43.4 Å². The molecule has 6 heteroatoms. The lowest BCUT2D eigenvalue weighted by atomic mass is 9.99. The lowest BCUT2D eigenvalue weighted by Crippen LogP contribution is -2.39. The first-order valence-electron chi connectivity index (χ1n) is 9.05. The Kier molecular flexibility index (Phi) is 5.44. The molecule has 1 N–H and O–H groups in total. The summed E-state index contributed by atoms with van der Waals surface area (Å²) in [6, 6.07) is 5.78. The van der Waals surface area contributed by atoms with E-state index in [1.807, 2.05) is 32.0 Å². The van der Waals surface area contributed by atoms with E-state index in [2.05, 4.69) is 0 Å². The molecule has 0 spiro atoms. The number of carbonyl (C=O) groups is 2. The summed E-state index contributed by atoms with van der Waals surface area (Å²) in [5.41, 5.74) is 3.70. The lowest BCUT2D eigenvalue weighted by Gasteiger charge is -2.22. The average molecular weight is 358 g/mol. The Morgan fingerprint density at radius 1 is 1.23 bits per heavy atom. The molecule has 2 heterocycles. The third-order valence-corrected chi connectivity index (χ3v) is 5.17. The highest BCUT2D eigenvalue weighted by Gasteiger charge is 2.42. The average Bonchev–Trinajstić information content (AvgIpc) is 3.20. The summed E-state index contributed by atoms with van der Waals surface area (Å²) in [5.74, 6) is -0.594. The van der Waals surface area contributed by atoms with E-state index < -0.39 is 0 Å². The van der Waals surface area contributed by atoms with Gasteiger partial charge in [-0.1, -0.05) is 18.2 Å². The highest BCUT2D eigenvalue weighted by molar-refractivity contribution is 6.35. The Labute approximate surface area is 154 Å². The molecule has 2 aliphatic heterocycles. The van der Waals surface area contributed by atoms with Crippen LogP contribution >= 0.6 is 0 Å². The summed E-state index contributed by atoms with van der Waals surface area (Å²) < 4.78 is 5.61. The number of imide groups is 1. The number of rotatable bonds is 6. The van der Waals surface area contributed by atoms with E-state index in [1.54, 1.807) is 11.9 Å². The second-order valence-electron chi connectivity index (χ2n) is 7.02. The first kappa shape index (κ1) is 18.6. The molecule has 0 saturated carbocycles. The molecule has 1 aromatic rings. The topological polar surface area (TPSA) is 70.1 Å². The Morgan fingerprint density at radius 3 is 2.62 bits per heavy atom. The molecule has 0 bridgehead atoms.